The molecule has 33 heavy (non-hydrogen) atoms. The number of rotatable bonds is 10. The van der Waals surface area contributed by atoms with Gasteiger partial charge in [0.25, 0.3) is 11.5 Å². The molecule has 174 valence electrons. The van der Waals surface area contributed by atoms with Crippen molar-refractivity contribution in [3.63, 3.8) is 0 Å². The lowest BCUT2D eigenvalue weighted by atomic mass is 10.2. The third-order valence-electron chi connectivity index (χ3n) is 4.67. The first-order chi connectivity index (χ1) is 15.8. The van der Waals surface area contributed by atoms with Gasteiger partial charge in [0.15, 0.2) is 18.1 Å². The van der Waals surface area contributed by atoms with E-state index in [-0.39, 0.29) is 12.2 Å². The molecular formula is C23H24Br2N4O4. The molecule has 0 aliphatic rings. The molecule has 0 spiro atoms. The van der Waals surface area contributed by atoms with E-state index in [1.807, 2.05) is 19.1 Å². The molecule has 3 aromatic rings. The van der Waals surface area contributed by atoms with Crippen LogP contribution in [0, 0.1) is 0 Å². The van der Waals surface area contributed by atoms with E-state index in [9.17, 15) is 9.59 Å². The van der Waals surface area contributed by atoms with Gasteiger partial charge in [-0.25, -0.2) is 4.98 Å². The van der Waals surface area contributed by atoms with Crippen molar-refractivity contribution in [2.45, 2.75) is 33.1 Å². The molecule has 2 N–H and O–H groups in total. The van der Waals surface area contributed by atoms with Gasteiger partial charge in [-0.3, -0.25) is 9.59 Å². The Hall–Kier alpha value is -2.72. The van der Waals surface area contributed by atoms with E-state index < -0.39 is 5.91 Å². The predicted octanol–water partition coefficient (Wildman–Crippen LogP) is 4.41. The fourth-order valence-electron chi connectivity index (χ4n) is 3.11. The molecule has 0 radical (unpaired) electrons. The molecule has 2 aromatic carbocycles. The van der Waals surface area contributed by atoms with Crippen molar-refractivity contribution in [3.05, 3.63) is 61.0 Å². The SMILES string of the molecule is CCCCc1nc2ccc(Br)cc2c(=O)n1N=Cc1cc(OCC)c(OCC(N)=O)cc1Br. The minimum atomic E-state index is -0.589. The van der Waals surface area contributed by atoms with Crippen LogP contribution in [0.4, 0.5) is 0 Å². The van der Waals surface area contributed by atoms with Crippen molar-refractivity contribution in [1.82, 2.24) is 9.66 Å². The Kier molecular flexibility index (Phi) is 8.62. The minimum absolute atomic E-state index is 0.244. The lowest BCUT2D eigenvalue weighted by Gasteiger charge is -2.13. The van der Waals surface area contributed by atoms with Crippen molar-refractivity contribution in [3.8, 4) is 11.5 Å². The van der Waals surface area contributed by atoms with Crippen molar-refractivity contribution >= 4 is 54.9 Å². The van der Waals surface area contributed by atoms with Crippen LogP contribution in [-0.4, -0.2) is 35.0 Å². The second kappa shape index (κ2) is 11.4. The van der Waals surface area contributed by atoms with Crippen LogP contribution in [0.5, 0.6) is 11.5 Å². The Balaban J connectivity index is 2.06. The number of benzene rings is 2. The number of hydrogen-bond acceptors (Lipinski definition) is 6. The molecule has 0 atom stereocenters. The summed E-state index contributed by atoms with van der Waals surface area (Å²) in [5, 5.41) is 4.95. The van der Waals surface area contributed by atoms with E-state index in [0.717, 1.165) is 17.3 Å². The first kappa shape index (κ1) is 24.9. The number of ether oxygens (including phenoxy) is 2. The number of hydrogen-bond donors (Lipinski definition) is 1. The van der Waals surface area contributed by atoms with E-state index in [4.69, 9.17) is 15.2 Å². The summed E-state index contributed by atoms with van der Waals surface area (Å²) < 4.78 is 13.9. The molecule has 3 rings (SSSR count). The molecule has 0 saturated heterocycles. The molecule has 0 saturated carbocycles. The fraction of sp³-hybridized carbons (Fsp3) is 0.304. The zero-order valence-electron chi connectivity index (χ0n) is 18.3. The van der Waals surface area contributed by atoms with Crippen molar-refractivity contribution in [2.24, 2.45) is 10.8 Å². The molecule has 1 heterocycles. The molecular weight excluding hydrogens is 556 g/mol. The molecule has 0 aliphatic heterocycles. The topological polar surface area (TPSA) is 109 Å². The Morgan fingerprint density at radius 3 is 2.64 bits per heavy atom. The number of primary amides is 1. The average molecular weight is 580 g/mol. The summed E-state index contributed by atoms with van der Waals surface area (Å²) in [5.41, 5.74) is 6.23. The van der Waals surface area contributed by atoms with E-state index in [2.05, 4.69) is 48.9 Å². The number of fused-ring (bicyclic) bond motifs is 1. The van der Waals surface area contributed by atoms with Gasteiger partial charge >= 0.3 is 0 Å². The van der Waals surface area contributed by atoms with Crippen LogP contribution in [0.2, 0.25) is 0 Å². The molecule has 0 aliphatic carbocycles. The van der Waals surface area contributed by atoms with Crippen LogP contribution in [0.25, 0.3) is 10.9 Å². The van der Waals surface area contributed by atoms with E-state index in [0.29, 0.717) is 51.3 Å². The highest BCUT2D eigenvalue weighted by Crippen LogP contribution is 2.33. The highest BCUT2D eigenvalue weighted by atomic mass is 79.9. The van der Waals surface area contributed by atoms with E-state index in [1.54, 1.807) is 24.4 Å². The summed E-state index contributed by atoms with van der Waals surface area (Å²) >= 11 is 6.90. The summed E-state index contributed by atoms with van der Waals surface area (Å²) in [7, 11) is 0. The Labute approximate surface area is 208 Å². The van der Waals surface area contributed by atoms with Gasteiger partial charge in [-0.1, -0.05) is 29.3 Å². The molecule has 8 nitrogen and oxygen atoms in total. The molecule has 1 aromatic heterocycles. The summed E-state index contributed by atoms with van der Waals surface area (Å²) in [6.45, 7) is 4.05. The molecule has 0 unspecified atom stereocenters. The second-order valence-electron chi connectivity index (χ2n) is 7.16. The largest absolute Gasteiger partial charge is 0.490 e. The van der Waals surface area contributed by atoms with Crippen LogP contribution < -0.4 is 20.8 Å². The fourth-order valence-corrected chi connectivity index (χ4v) is 3.90. The van der Waals surface area contributed by atoms with Gasteiger partial charge in [0.05, 0.1) is 23.7 Å². The zero-order valence-corrected chi connectivity index (χ0v) is 21.5. The number of carbonyl (C=O) groups excluding carboxylic acids is 1. The van der Waals surface area contributed by atoms with Gasteiger partial charge in [0.1, 0.15) is 5.82 Å². The van der Waals surface area contributed by atoms with Crippen LogP contribution in [0.1, 0.15) is 38.1 Å². The second-order valence-corrected chi connectivity index (χ2v) is 8.93. The number of nitrogens with two attached hydrogens (primary N) is 1. The van der Waals surface area contributed by atoms with Crippen LogP contribution in [0.3, 0.4) is 0 Å². The normalized spacial score (nSPS) is 11.3. The third-order valence-corrected chi connectivity index (χ3v) is 5.85. The molecule has 0 bridgehead atoms. The highest BCUT2D eigenvalue weighted by molar-refractivity contribution is 9.10. The van der Waals surface area contributed by atoms with Crippen molar-refractivity contribution in [2.75, 3.05) is 13.2 Å². The van der Waals surface area contributed by atoms with Gasteiger partial charge in [-0.15, -0.1) is 0 Å². The molecule has 0 fully saturated rings. The number of carbonyl (C=O) groups is 1. The smallest absolute Gasteiger partial charge is 0.282 e. The summed E-state index contributed by atoms with van der Waals surface area (Å²) in [4.78, 5) is 29.0. The predicted molar refractivity (Wildman–Crippen MR) is 135 cm³/mol. The van der Waals surface area contributed by atoms with Crippen LogP contribution >= 0.6 is 31.9 Å². The maximum absolute atomic E-state index is 13.2. The first-order valence-electron chi connectivity index (χ1n) is 10.5. The summed E-state index contributed by atoms with van der Waals surface area (Å²) in [5.74, 6) is 0.810. The van der Waals surface area contributed by atoms with E-state index in [1.165, 1.54) is 4.68 Å². The number of nitrogens with zero attached hydrogens (tertiary/aromatic N) is 3. The van der Waals surface area contributed by atoms with Gasteiger partial charge in [0.2, 0.25) is 0 Å². The number of aryl methyl sites for hydroxylation is 1. The zero-order chi connectivity index (χ0) is 24.0. The Morgan fingerprint density at radius 1 is 1.18 bits per heavy atom. The van der Waals surface area contributed by atoms with Crippen molar-refractivity contribution in [1.29, 1.82) is 0 Å². The van der Waals surface area contributed by atoms with Gasteiger partial charge in [0, 0.05) is 20.9 Å². The number of unbranched alkanes of at least 4 members (excludes halogenated alkanes) is 1. The summed E-state index contributed by atoms with van der Waals surface area (Å²) in [6.07, 6.45) is 4.04. The highest BCUT2D eigenvalue weighted by Gasteiger charge is 2.13. The van der Waals surface area contributed by atoms with Crippen LogP contribution in [-0.2, 0) is 11.2 Å². The average Bonchev–Trinajstić information content (AvgIpc) is 2.78. The Bertz CT molecular complexity index is 1260. The molecule has 1 amide bonds. The summed E-state index contributed by atoms with van der Waals surface area (Å²) in [6, 6.07) is 8.82. The Morgan fingerprint density at radius 2 is 1.94 bits per heavy atom. The third kappa shape index (κ3) is 6.20. The number of amides is 1. The number of halogens is 2. The minimum Gasteiger partial charge on any atom is -0.490 e. The lowest BCUT2D eigenvalue weighted by molar-refractivity contribution is -0.119. The maximum atomic E-state index is 13.2. The molecule has 10 heteroatoms. The van der Waals surface area contributed by atoms with Gasteiger partial charge in [-0.2, -0.15) is 9.78 Å². The standard InChI is InChI=1S/C23H24Br2N4O4/c1-3-5-6-22-28-18-8-7-15(24)10-16(18)23(31)29(22)27-12-14-9-19(32-4-2)20(11-17(14)25)33-13-21(26)30/h7-12H,3-6,13H2,1-2H3,(H2,26,30). The maximum Gasteiger partial charge on any atom is 0.282 e. The quantitative estimate of drug-likeness (QED) is 0.358. The first-order valence-corrected chi connectivity index (χ1v) is 12.1. The monoisotopic (exact) mass is 578 g/mol. The lowest BCUT2D eigenvalue weighted by Crippen LogP contribution is -2.22. The number of aromatic nitrogens is 2. The van der Waals surface area contributed by atoms with Crippen LogP contribution in [0.15, 0.2) is 49.2 Å². The van der Waals surface area contributed by atoms with E-state index >= 15 is 0 Å². The van der Waals surface area contributed by atoms with Gasteiger partial charge < -0.3 is 15.2 Å². The van der Waals surface area contributed by atoms with Gasteiger partial charge in [-0.05, 0) is 59.6 Å². The van der Waals surface area contributed by atoms with Crippen molar-refractivity contribution < 1.29 is 14.3 Å².